The van der Waals surface area contributed by atoms with Gasteiger partial charge in [0.2, 0.25) is 0 Å². The van der Waals surface area contributed by atoms with E-state index in [1.54, 1.807) is 12.3 Å². The molecule has 0 saturated heterocycles. The van der Waals surface area contributed by atoms with Crippen molar-refractivity contribution in [2.75, 3.05) is 13.2 Å². The molecule has 0 atom stereocenters. The van der Waals surface area contributed by atoms with Gasteiger partial charge in [-0.3, -0.25) is 0 Å². The van der Waals surface area contributed by atoms with Gasteiger partial charge in [0.05, 0.1) is 12.8 Å². The second-order valence-corrected chi connectivity index (χ2v) is 4.12. The molecule has 0 saturated carbocycles. The quantitative estimate of drug-likeness (QED) is 0.797. The third-order valence-electron chi connectivity index (χ3n) is 2.48. The summed E-state index contributed by atoms with van der Waals surface area (Å²) in [6, 6.07) is 8.92. The summed E-state index contributed by atoms with van der Waals surface area (Å²) < 4.78 is 50.2. The SMILES string of the molecule is FC(F)(F)Oc1ccc(OCCNCc2ccco2)cc1. The average Bonchev–Trinajstić information content (AvgIpc) is 2.92. The van der Waals surface area contributed by atoms with Gasteiger partial charge in [0.15, 0.2) is 0 Å². The zero-order valence-electron chi connectivity index (χ0n) is 11.0. The van der Waals surface area contributed by atoms with Crippen LogP contribution in [0.2, 0.25) is 0 Å². The molecule has 0 aliphatic rings. The van der Waals surface area contributed by atoms with Gasteiger partial charge in [-0.05, 0) is 36.4 Å². The Kier molecular flexibility index (Phi) is 5.10. The van der Waals surface area contributed by atoms with Crippen molar-refractivity contribution in [3.05, 3.63) is 48.4 Å². The van der Waals surface area contributed by atoms with Crippen molar-refractivity contribution in [1.82, 2.24) is 5.32 Å². The number of hydrogen-bond donors (Lipinski definition) is 1. The van der Waals surface area contributed by atoms with Crippen molar-refractivity contribution < 1.29 is 27.1 Å². The maximum Gasteiger partial charge on any atom is 0.573 e. The van der Waals surface area contributed by atoms with Gasteiger partial charge in [-0.1, -0.05) is 0 Å². The number of nitrogens with one attached hydrogen (secondary N) is 1. The number of benzene rings is 1. The summed E-state index contributed by atoms with van der Waals surface area (Å²) in [5.41, 5.74) is 0. The molecular formula is C14H14F3NO3. The first kappa shape index (κ1) is 15.2. The summed E-state index contributed by atoms with van der Waals surface area (Å²) in [6.45, 7) is 1.57. The van der Waals surface area contributed by atoms with Gasteiger partial charge >= 0.3 is 6.36 Å². The summed E-state index contributed by atoms with van der Waals surface area (Å²) in [7, 11) is 0. The summed E-state index contributed by atoms with van der Waals surface area (Å²) >= 11 is 0. The van der Waals surface area contributed by atoms with Crippen LogP contribution < -0.4 is 14.8 Å². The molecule has 0 radical (unpaired) electrons. The number of ether oxygens (including phenoxy) is 2. The number of hydrogen-bond acceptors (Lipinski definition) is 4. The first-order valence-electron chi connectivity index (χ1n) is 6.25. The summed E-state index contributed by atoms with van der Waals surface area (Å²) in [4.78, 5) is 0. The lowest BCUT2D eigenvalue weighted by atomic mass is 10.3. The van der Waals surface area contributed by atoms with E-state index in [0.717, 1.165) is 5.76 Å². The van der Waals surface area contributed by atoms with Gasteiger partial charge in [0.25, 0.3) is 0 Å². The van der Waals surface area contributed by atoms with Crippen molar-refractivity contribution in [2.24, 2.45) is 0 Å². The summed E-state index contributed by atoms with van der Waals surface area (Å²) in [6.07, 6.45) is -3.09. The van der Waals surface area contributed by atoms with E-state index in [2.05, 4.69) is 10.1 Å². The number of halogens is 3. The number of furan rings is 1. The molecule has 0 spiro atoms. The highest BCUT2D eigenvalue weighted by Gasteiger charge is 2.30. The molecule has 7 heteroatoms. The van der Waals surface area contributed by atoms with Crippen LogP contribution in [0.25, 0.3) is 0 Å². The van der Waals surface area contributed by atoms with Crippen molar-refractivity contribution in [3.63, 3.8) is 0 Å². The van der Waals surface area contributed by atoms with Gasteiger partial charge in [0.1, 0.15) is 23.9 Å². The largest absolute Gasteiger partial charge is 0.573 e. The highest BCUT2D eigenvalue weighted by molar-refractivity contribution is 5.31. The fraction of sp³-hybridized carbons (Fsp3) is 0.286. The Labute approximate surface area is 119 Å². The van der Waals surface area contributed by atoms with Crippen molar-refractivity contribution >= 4 is 0 Å². The first-order valence-corrected chi connectivity index (χ1v) is 6.25. The zero-order chi connectivity index (χ0) is 15.1. The Hall–Kier alpha value is -2.15. The minimum Gasteiger partial charge on any atom is -0.492 e. The van der Waals surface area contributed by atoms with Crippen LogP contribution >= 0.6 is 0 Å². The predicted octanol–water partition coefficient (Wildman–Crippen LogP) is 3.35. The average molecular weight is 301 g/mol. The second-order valence-electron chi connectivity index (χ2n) is 4.12. The van der Waals surface area contributed by atoms with Crippen molar-refractivity contribution in [3.8, 4) is 11.5 Å². The van der Waals surface area contributed by atoms with Crippen LogP contribution in [-0.4, -0.2) is 19.5 Å². The van der Waals surface area contributed by atoms with Crippen LogP contribution in [-0.2, 0) is 6.54 Å². The monoisotopic (exact) mass is 301 g/mol. The number of alkyl halides is 3. The molecule has 1 heterocycles. The minimum absolute atomic E-state index is 0.272. The van der Waals surface area contributed by atoms with Crippen molar-refractivity contribution in [2.45, 2.75) is 12.9 Å². The van der Waals surface area contributed by atoms with E-state index in [1.165, 1.54) is 24.3 Å². The number of rotatable bonds is 7. The zero-order valence-corrected chi connectivity index (χ0v) is 11.0. The lowest BCUT2D eigenvalue weighted by Gasteiger charge is -2.10. The molecule has 1 aromatic heterocycles. The standard InChI is InChI=1S/C14H14F3NO3/c15-14(16,17)21-12-5-3-11(4-6-12)20-9-7-18-10-13-2-1-8-19-13/h1-6,8,18H,7,9-10H2. The van der Waals surface area contributed by atoms with E-state index in [9.17, 15) is 13.2 Å². The summed E-state index contributed by atoms with van der Waals surface area (Å²) in [5.74, 6) is 1.03. The normalized spacial score (nSPS) is 11.4. The molecule has 0 aliphatic carbocycles. The fourth-order valence-corrected chi connectivity index (χ4v) is 1.60. The van der Waals surface area contributed by atoms with Crippen molar-refractivity contribution in [1.29, 1.82) is 0 Å². The maximum atomic E-state index is 12.0. The molecule has 0 bridgehead atoms. The van der Waals surface area contributed by atoms with E-state index >= 15 is 0 Å². The van der Waals surface area contributed by atoms with E-state index in [1.807, 2.05) is 6.07 Å². The second kappa shape index (κ2) is 7.03. The fourth-order valence-electron chi connectivity index (χ4n) is 1.60. The third-order valence-corrected chi connectivity index (χ3v) is 2.48. The molecule has 0 amide bonds. The molecule has 0 unspecified atom stereocenters. The Balaban J connectivity index is 1.66. The van der Waals surface area contributed by atoms with Crippen LogP contribution in [0.1, 0.15) is 5.76 Å². The maximum absolute atomic E-state index is 12.0. The molecule has 0 fully saturated rings. The lowest BCUT2D eigenvalue weighted by molar-refractivity contribution is -0.274. The van der Waals surface area contributed by atoms with E-state index in [4.69, 9.17) is 9.15 Å². The lowest BCUT2D eigenvalue weighted by Crippen LogP contribution is -2.20. The highest BCUT2D eigenvalue weighted by Crippen LogP contribution is 2.24. The molecule has 1 N–H and O–H groups in total. The molecule has 4 nitrogen and oxygen atoms in total. The molecule has 114 valence electrons. The Morgan fingerprint density at radius 2 is 1.76 bits per heavy atom. The predicted molar refractivity (Wildman–Crippen MR) is 69.0 cm³/mol. The van der Waals surface area contributed by atoms with Crippen LogP contribution in [0.3, 0.4) is 0 Å². The van der Waals surface area contributed by atoms with Crippen LogP contribution in [0.4, 0.5) is 13.2 Å². The Morgan fingerprint density at radius 3 is 2.38 bits per heavy atom. The van der Waals surface area contributed by atoms with Crippen LogP contribution in [0.15, 0.2) is 47.1 Å². The molecule has 2 rings (SSSR count). The van der Waals surface area contributed by atoms with Gasteiger partial charge in [0, 0.05) is 6.54 Å². The minimum atomic E-state index is -4.68. The van der Waals surface area contributed by atoms with Crippen LogP contribution in [0.5, 0.6) is 11.5 Å². The van der Waals surface area contributed by atoms with Gasteiger partial charge in [-0.25, -0.2) is 0 Å². The van der Waals surface area contributed by atoms with Gasteiger partial charge < -0.3 is 19.2 Å². The molecule has 0 aliphatic heterocycles. The van der Waals surface area contributed by atoms with Gasteiger partial charge in [-0.15, -0.1) is 13.2 Å². The first-order chi connectivity index (χ1) is 10.0. The molecule has 2 aromatic rings. The van der Waals surface area contributed by atoms with Gasteiger partial charge in [-0.2, -0.15) is 0 Å². The smallest absolute Gasteiger partial charge is 0.492 e. The van der Waals surface area contributed by atoms with Crippen LogP contribution in [0, 0.1) is 0 Å². The van der Waals surface area contributed by atoms with E-state index < -0.39 is 6.36 Å². The molecule has 21 heavy (non-hydrogen) atoms. The summed E-state index contributed by atoms with van der Waals surface area (Å²) in [5, 5.41) is 3.11. The van der Waals surface area contributed by atoms with E-state index in [0.29, 0.717) is 25.4 Å². The molecular weight excluding hydrogens is 287 g/mol. The highest BCUT2D eigenvalue weighted by atomic mass is 19.4. The van der Waals surface area contributed by atoms with E-state index in [-0.39, 0.29) is 5.75 Å². The Bertz CT molecular complexity index is 523. The molecule has 1 aromatic carbocycles. The topological polar surface area (TPSA) is 43.6 Å². The third kappa shape index (κ3) is 5.78. The Morgan fingerprint density at radius 1 is 1.05 bits per heavy atom.